The van der Waals surface area contributed by atoms with Crippen LogP contribution in [0.15, 0.2) is 59.5 Å². The minimum Gasteiger partial charge on any atom is -0.289 e. The topological polar surface area (TPSA) is 51.2 Å². The Morgan fingerprint density at radius 1 is 0.833 bits per heavy atom. The van der Waals surface area contributed by atoms with Gasteiger partial charge in [-0.3, -0.25) is 4.79 Å². The summed E-state index contributed by atoms with van der Waals surface area (Å²) in [4.78, 5) is 12.0. The predicted octanol–water partition coefficient (Wildman–Crippen LogP) is 2.85. The first-order chi connectivity index (χ1) is 8.48. The Kier molecular flexibility index (Phi) is 3.50. The van der Waals surface area contributed by atoms with E-state index in [4.69, 9.17) is 10.7 Å². The number of benzene rings is 2. The summed E-state index contributed by atoms with van der Waals surface area (Å²) in [5.41, 5.74) is 0.976. The second-order valence-corrected chi connectivity index (χ2v) is 6.22. The summed E-state index contributed by atoms with van der Waals surface area (Å²) in [6.07, 6.45) is 0. The number of carbonyl (C=O) groups is 1. The highest BCUT2D eigenvalue weighted by molar-refractivity contribution is 8.13. The van der Waals surface area contributed by atoms with Gasteiger partial charge in [0.2, 0.25) is 0 Å². The third kappa shape index (κ3) is 2.78. The van der Waals surface area contributed by atoms with Crippen LogP contribution >= 0.6 is 10.7 Å². The molecule has 2 aromatic carbocycles. The van der Waals surface area contributed by atoms with E-state index >= 15 is 0 Å². The largest absolute Gasteiger partial charge is 0.289 e. The minimum atomic E-state index is -3.75. The molecule has 0 fully saturated rings. The fraction of sp³-hybridized carbons (Fsp3) is 0. The van der Waals surface area contributed by atoms with Gasteiger partial charge in [0.05, 0.1) is 4.90 Å². The van der Waals surface area contributed by atoms with Gasteiger partial charge in [0.15, 0.2) is 5.78 Å². The van der Waals surface area contributed by atoms with Crippen LogP contribution in [0.2, 0.25) is 0 Å². The predicted molar refractivity (Wildman–Crippen MR) is 69.4 cm³/mol. The lowest BCUT2D eigenvalue weighted by atomic mass is 10.0. The van der Waals surface area contributed by atoms with Crippen molar-refractivity contribution in [1.82, 2.24) is 0 Å². The maximum absolute atomic E-state index is 12.0. The van der Waals surface area contributed by atoms with Gasteiger partial charge in [-0.1, -0.05) is 30.3 Å². The Morgan fingerprint density at radius 2 is 1.33 bits per heavy atom. The smallest absolute Gasteiger partial charge is 0.261 e. The van der Waals surface area contributed by atoms with Gasteiger partial charge in [0.25, 0.3) is 9.05 Å². The molecule has 0 aliphatic carbocycles. The lowest BCUT2D eigenvalue weighted by molar-refractivity contribution is 0.103. The molecule has 2 rings (SSSR count). The Morgan fingerprint density at radius 3 is 1.83 bits per heavy atom. The van der Waals surface area contributed by atoms with E-state index in [2.05, 4.69) is 0 Å². The summed E-state index contributed by atoms with van der Waals surface area (Å²) in [5.74, 6) is -0.158. The highest BCUT2D eigenvalue weighted by Gasteiger charge is 2.12. The summed E-state index contributed by atoms with van der Waals surface area (Å²) in [5, 5.41) is 0. The summed E-state index contributed by atoms with van der Waals surface area (Å²) >= 11 is 0. The van der Waals surface area contributed by atoms with Crippen LogP contribution in [-0.4, -0.2) is 14.2 Å². The molecule has 0 bridgehead atoms. The van der Waals surface area contributed by atoms with E-state index in [0.29, 0.717) is 11.1 Å². The molecule has 0 radical (unpaired) electrons. The Bertz CT molecular complexity index is 661. The normalized spacial score (nSPS) is 11.2. The molecule has 0 amide bonds. The number of ketones is 1. The molecule has 92 valence electrons. The Labute approximate surface area is 109 Å². The van der Waals surface area contributed by atoms with E-state index in [1.54, 1.807) is 24.3 Å². The van der Waals surface area contributed by atoms with Crippen LogP contribution < -0.4 is 0 Å². The molecule has 0 saturated heterocycles. The van der Waals surface area contributed by atoms with E-state index in [0.717, 1.165) is 0 Å². The maximum atomic E-state index is 12.0. The Balaban J connectivity index is 2.34. The van der Waals surface area contributed by atoms with Gasteiger partial charge in [-0.05, 0) is 24.3 Å². The zero-order chi connectivity index (χ0) is 13.2. The van der Waals surface area contributed by atoms with Gasteiger partial charge in [-0.2, -0.15) is 0 Å². The standard InChI is InChI=1S/C13H9ClO3S/c14-18(16,17)12-8-6-11(7-9-12)13(15)10-4-2-1-3-5-10/h1-9H. The number of rotatable bonds is 3. The molecular formula is C13H9ClO3S. The molecule has 5 heteroatoms. The van der Waals surface area contributed by atoms with Gasteiger partial charge in [0, 0.05) is 21.8 Å². The quantitative estimate of drug-likeness (QED) is 0.642. The van der Waals surface area contributed by atoms with Crippen molar-refractivity contribution in [3.8, 4) is 0 Å². The van der Waals surface area contributed by atoms with Crippen LogP contribution in [0.3, 0.4) is 0 Å². The third-order valence-corrected chi connectivity index (χ3v) is 3.80. The van der Waals surface area contributed by atoms with Crippen LogP contribution in [0, 0.1) is 0 Å². The molecule has 0 aromatic heterocycles. The minimum absolute atomic E-state index is 0.0196. The van der Waals surface area contributed by atoms with Gasteiger partial charge in [0.1, 0.15) is 0 Å². The number of halogens is 1. The second kappa shape index (κ2) is 4.92. The fourth-order valence-electron chi connectivity index (χ4n) is 1.53. The summed E-state index contributed by atoms with van der Waals surface area (Å²) < 4.78 is 22.1. The first kappa shape index (κ1) is 12.8. The van der Waals surface area contributed by atoms with E-state index in [1.165, 1.54) is 24.3 Å². The average Bonchev–Trinajstić information content (AvgIpc) is 2.38. The lowest BCUT2D eigenvalue weighted by Crippen LogP contribution is -2.01. The van der Waals surface area contributed by atoms with Crippen molar-refractivity contribution in [2.24, 2.45) is 0 Å². The lowest BCUT2D eigenvalue weighted by Gasteiger charge is -2.01. The zero-order valence-corrected chi connectivity index (χ0v) is 10.8. The Hall–Kier alpha value is -1.65. The average molecular weight is 281 g/mol. The monoisotopic (exact) mass is 280 g/mol. The van der Waals surface area contributed by atoms with Crippen LogP contribution in [0.4, 0.5) is 0 Å². The zero-order valence-electron chi connectivity index (χ0n) is 9.21. The third-order valence-electron chi connectivity index (χ3n) is 2.43. The highest BCUT2D eigenvalue weighted by Crippen LogP contribution is 2.17. The van der Waals surface area contributed by atoms with Gasteiger partial charge in [-0.25, -0.2) is 8.42 Å². The van der Waals surface area contributed by atoms with Crippen molar-refractivity contribution in [2.75, 3.05) is 0 Å². The highest BCUT2D eigenvalue weighted by atomic mass is 35.7. The summed E-state index contributed by atoms with van der Waals surface area (Å²) in [6, 6.07) is 14.3. The van der Waals surface area contributed by atoms with Crippen molar-refractivity contribution in [2.45, 2.75) is 4.90 Å². The molecular weight excluding hydrogens is 272 g/mol. The maximum Gasteiger partial charge on any atom is 0.261 e. The van der Waals surface area contributed by atoms with Crippen LogP contribution in [0.5, 0.6) is 0 Å². The molecule has 0 N–H and O–H groups in total. The number of hydrogen-bond donors (Lipinski definition) is 0. The second-order valence-electron chi connectivity index (χ2n) is 3.66. The van der Waals surface area contributed by atoms with E-state index < -0.39 is 9.05 Å². The fourth-order valence-corrected chi connectivity index (χ4v) is 2.29. The molecule has 18 heavy (non-hydrogen) atoms. The molecule has 0 spiro atoms. The van der Waals surface area contributed by atoms with Crippen molar-refractivity contribution >= 4 is 25.5 Å². The first-order valence-corrected chi connectivity index (χ1v) is 7.44. The first-order valence-electron chi connectivity index (χ1n) is 5.13. The molecule has 0 atom stereocenters. The molecule has 3 nitrogen and oxygen atoms in total. The van der Waals surface area contributed by atoms with Crippen molar-refractivity contribution in [3.63, 3.8) is 0 Å². The van der Waals surface area contributed by atoms with Gasteiger partial charge in [-0.15, -0.1) is 0 Å². The van der Waals surface area contributed by atoms with Crippen molar-refractivity contribution in [1.29, 1.82) is 0 Å². The molecule has 0 heterocycles. The van der Waals surface area contributed by atoms with E-state index in [9.17, 15) is 13.2 Å². The van der Waals surface area contributed by atoms with E-state index in [-0.39, 0.29) is 10.7 Å². The van der Waals surface area contributed by atoms with Crippen LogP contribution in [0.25, 0.3) is 0 Å². The molecule has 0 aliphatic rings. The van der Waals surface area contributed by atoms with E-state index in [1.807, 2.05) is 6.07 Å². The number of carbonyl (C=O) groups excluding carboxylic acids is 1. The van der Waals surface area contributed by atoms with Crippen LogP contribution in [-0.2, 0) is 9.05 Å². The molecule has 0 unspecified atom stereocenters. The van der Waals surface area contributed by atoms with Crippen molar-refractivity contribution < 1.29 is 13.2 Å². The van der Waals surface area contributed by atoms with Gasteiger partial charge >= 0.3 is 0 Å². The van der Waals surface area contributed by atoms with Crippen LogP contribution in [0.1, 0.15) is 15.9 Å². The SMILES string of the molecule is O=C(c1ccccc1)c1ccc(S(=O)(=O)Cl)cc1. The van der Waals surface area contributed by atoms with Crippen molar-refractivity contribution in [3.05, 3.63) is 65.7 Å². The number of hydrogen-bond acceptors (Lipinski definition) is 3. The molecule has 2 aromatic rings. The summed E-state index contributed by atoms with van der Waals surface area (Å²) in [6.45, 7) is 0. The molecule has 0 saturated carbocycles. The summed E-state index contributed by atoms with van der Waals surface area (Å²) in [7, 11) is 1.45. The van der Waals surface area contributed by atoms with Gasteiger partial charge < -0.3 is 0 Å². The molecule has 0 aliphatic heterocycles.